The lowest BCUT2D eigenvalue weighted by Gasteiger charge is -2.16. The van der Waals surface area contributed by atoms with E-state index < -0.39 is 0 Å². The summed E-state index contributed by atoms with van der Waals surface area (Å²) in [5.41, 5.74) is 2.61. The minimum Gasteiger partial charge on any atom is -0.493 e. The molecule has 1 fully saturated rings. The first-order valence-electron chi connectivity index (χ1n) is 6.84. The Labute approximate surface area is 122 Å². The Morgan fingerprint density at radius 3 is 3.11 bits per heavy atom. The number of hydrogen-bond donors (Lipinski definition) is 0. The van der Waals surface area contributed by atoms with Gasteiger partial charge in [-0.25, -0.2) is 0 Å². The fourth-order valence-electron chi connectivity index (χ4n) is 2.83. The molecule has 4 heteroatoms. The number of rotatable bonds is 4. The Kier molecular flexibility index (Phi) is 3.78. The lowest BCUT2D eigenvalue weighted by Crippen LogP contribution is -2.27. The van der Waals surface area contributed by atoms with Crippen LogP contribution in [-0.2, 0) is 17.6 Å². The number of ether oxygens (including phenoxy) is 1. The minimum absolute atomic E-state index is 0.300. The molecule has 1 unspecified atom stereocenters. The van der Waals surface area contributed by atoms with Crippen LogP contribution in [0.3, 0.4) is 0 Å². The molecule has 2 aliphatic rings. The van der Waals surface area contributed by atoms with Crippen molar-refractivity contribution in [1.82, 2.24) is 4.90 Å². The first-order valence-corrected chi connectivity index (χ1v) is 7.97. The molecule has 3 nitrogen and oxygen atoms in total. The topological polar surface area (TPSA) is 29.5 Å². The zero-order chi connectivity index (χ0) is 13.2. The molecular formula is C15H18BrNO2. The molecule has 0 spiro atoms. The number of carbonyl (C=O) groups excluding carboxylic acids is 1. The van der Waals surface area contributed by atoms with Gasteiger partial charge in [-0.1, -0.05) is 28.1 Å². The van der Waals surface area contributed by atoms with Crippen LogP contribution in [0.4, 0.5) is 0 Å². The highest BCUT2D eigenvalue weighted by atomic mass is 79.9. The van der Waals surface area contributed by atoms with E-state index in [9.17, 15) is 4.79 Å². The normalized spacial score (nSPS) is 21.6. The summed E-state index contributed by atoms with van der Waals surface area (Å²) in [5.74, 6) is 1.82. The number of benzene rings is 1. The van der Waals surface area contributed by atoms with Gasteiger partial charge < -0.3 is 9.64 Å². The lowest BCUT2D eigenvalue weighted by atomic mass is 10.1. The smallest absolute Gasteiger partial charge is 0.222 e. The van der Waals surface area contributed by atoms with Crippen molar-refractivity contribution >= 4 is 21.8 Å². The van der Waals surface area contributed by atoms with Crippen LogP contribution in [-0.4, -0.2) is 35.8 Å². The molecule has 1 aromatic carbocycles. The Hall–Kier alpha value is -1.03. The number of hydrogen-bond acceptors (Lipinski definition) is 2. The monoisotopic (exact) mass is 323 g/mol. The first-order chi connectivity index (χ1) is 9.26. The molecule has 3 rings (SSSR count). The van der Waals surface area contributed by atoms with Gasteiger partial charge in [0.05, 0.1) is 6.61 Å². The van der Waals surface area contributed by atoms with Crippen molar-refractivity contribution in [2.24, 2.45) is 5.92 Å². The Morgan fingerprint density at radius 1 is 1.42 bits per heavy atom. The van der Waals surface area contributed by atoms with E-state index >= 15 is 0 Å². The lowest BCUT2D eigenvalue weighted by molar-refractivity contribution is -0.127. The summed E-state index contributed by atoms with van der Waals surface area (Å²) in [4.78, 5) is 13.8. The van der Waals surface area contributed by atoms with E-state index in [1.807, 2.05) is 4.90 Å². The van der Waals surface area contributed by atoms with E-state index in [0.717, 1.165) is 43.6 Å². The van der Waals surface area contributed by atoms with Gasteiger partial charge >= 0.3 is 0 Å². The Morgan fingerprint density at radius 2 is 2.32 bits per heavy atom. The SMILES string of the molecule is O=C1CC(CBr)CN1CCc1ccc2c(c1)CCO2. The standard InChI is InChI=1S/C15H18BrNO2/c16-9-12-8-15(18)17(10-12)5-3-11-1-2-14-13(7-11)4-6-19-14/h1-2,7,12H,3-6,8-10H2. The van der Waals surface area contributed by atoms with Gasteiger partial charge in [0.15, 0.2) is 0 Å². The number of nitrogens with zero attached hydrogens (tertiary/aromatic N) is 1. The number of amides is 1. The molecule has 2 aliphatic heterocycles. The van der Waals surface area contributed by atoms with Crippen molar-refractivity contribution in [2.75, 3.05) is 25.0 Å². The van der Waals surface area contributed by atoms with Gasteiger partial charge in [0, 0.05) is 31.3 Å². The molecule has 19 heavy (non-hydrogen) atoms. The largest absolute Gasteiger partial charge is 0.493 e. The molecule has 2 heterocycles. The molecule has 102 valence electrons. The average molecular weight is 324 g/mol. The minimum atomic E-state index is 0.300. The van der Waals surface area contributed by atoms with Crippen molar-refractivity contribution in [1.29, 1.82) is 0 Å². The molecule has 1 amide bonds. The van der Waals surface area contributed by atoms with E-state index in [2.05, 4.69) is 34.1 Å². The second kappa shape index (κ2) is 5.53. The van der Waals surface area contributed by atoms with Crippen molar-refractivity contribution in [3.05, 3.63) is 29.3 Å². The highest BCUT2D eigenvalue weighted by Crippen LogP contribution is 2.26. The highest BCUT2D eigenvalue weighted by Gasteiger charge is 2.28. The third kappa shape index (κ3) is 2.78. The number of carbonyl (C=O) groups is 1. The van der Waals surface area contributed by atoms with E-state index in [4.69, 9.17) is 4.74 Å². The second-order valence-corrected chi connectivity index (χ2v) is 6.00. The van der Waals surface area contributed by atoms with Gasteiger partial charge in [-0.15, -0.1) is 0 Å². The fraction of sp³-hybridized carbons (Fsp3) is 0.533. The van der Waals surface area contributed by atoms with E-state index in [1.165, 1.54) is 11.1 Å². The molecule has 0 aliphatic carbocycles. The number of likely N-dealkylation sites (tertiary alicyclic amines) is 1. The van der Waals surface area contributed by atoms with Crippen molar-refractivity contribution in [2.45, 2.75) is 19.3 Å². The molecular weight excluding hydrogens is 306 g/mol. The summed E-state index contributed by atoms with van der Waals surface area (Å²) < 4.78 is 5.51. The summed E-state index contributed by atoms with van der Waals surface area (Å²) in [7, 11) is 0. The maximum absolute atomic E-state index is 11.8. The van der Waals surface area contributed by atoms with Crippen LogP contribution in [0.1, 0.15) is 17.5 Å². The van der Waals surface area contributed by atoms with Crippen molar-refractivity contribution in [3.8, 4) is 5.75 Å². The van der Waals surface area contributed by atoms with Gasteiger partial charge in [-0.05, 0) is 29.5 Å². The van der Waals surface area contributed by atoms with Crippen molar-refractivity contribution in [3.63, 3.8) is 0 Å². The van der Waals surface area contributed by atoms with Crippen molar-refractivity contribution < 1.29 is 9.53 Å². The molecule has 1 saturated heterocycles. The van der Waals surface area contributed by atoms with Gasteiger partial charge in [-0.2, -0.15) is 0 Å². The van der Waals surface area contributed by atoms with Gasteiger partial charge in [0.1, 0.15) is 5.75 Å². The quantitative estimate of drug-likeness (QED) is 0.796. The summed E-state index contributed by atoms with van der Waals surface area (Å²) in [5, 5.41) is 0.922. The van der Waals surface area contributed by atoms with Crippen LogP contribution in [0, 0.1) is 5.92 Å². The van der Waals surface area contributed by atoms with Gasteiger partial charge in [-0.3, -0.25) is 4.79 Å². The maximum Gasteiger partial charge on any atom is 0.222 e. The van der Waals surface area contributed by atoms with Crippen LogP contribution in [0.5, 0.6) is 5.75 Å². The summed E-state index contributed by atoms with van der Waals surface area (Å²) in [6, 6.07) is 6.41. The van der Waals surface area contributed by atoms with Crippen LogP contribution in [0.15, 0.2) is 18.2 Å². The van der Waals surface area contributed by atoms with Crippen LogP contribution < -0.4 is 4.74 Å². The zero-order valence-corrected chi connectivity index (χ0v) is 12.5. The van der Waals surface area contributed by atoms with Crippen LogP contribution in [0.25, 0.3) is 0 Å². The third-order valence-corrected chi connectivity index (χ3v) is 4.85. The molecule has 1 aromatic rings. The van der Waals surface area contributed by atoms with Crippen LogP contribution >= 0.6 is 15.9 Å². The summed E-state index contributed by atoms with van der Waals surface area (Å²) in [6.45, 7) is 2.54. The molecule has 0 saturated carbocycles. The second-order valence-electron chi connectivity index (χ2n) is 5.35. The summed E-state index contributed by atoms with van der Waals surface area (Å²) in [6.07, 6.45) is 2.65. The molecule has 0 bridgehead atoms. The van der Waals surface area contributed by atoms with E-state index in [1.54, 1.807) is 0 Å². The Bertz CT molecular complexity index is 489. The van der Waals surface area contributed by atoms with Gasteiger partial charge in [0.25, 0.3) is 0 Å². The third-order valence-electron chi connectivity index (χ3n) is 3.94. The average Bonchev–Trinajstić information content (AvgIpc) is 3.02. The van der Waals surface area contributed by atoms with E-state index in [-0.39, 0.29) is 0 Å². The predicted octanol–water partition coefficient (Wildman–Crippen LogP) is 2.41. The molecule has 0 radical (unpaired) electrons. The molecule has 0 N–H and O–H groups in total. The fourth-order valence-corrected chi connectivity index (χ4v) is 3.27. The molecule has 0 aromatic heterocycles. The van der Waals surface area contributed by atoms with Gasteiger partial charge in [0.2, 0.25) is 5.91 Å². The summed E-state index contributed by atoms with van der Waals surface area (Å²) >= 11 is 3.47. The van der Waals surface area contributed by atoms with Crippen LogP contribution in [0.2, 0.25) is 0 Å². The zero-order valence-electron chi connectivity index (χ0n) is 10.9. The first kappa shape index (κ1) is 13.0. The number of halogens is 1. The Balaban J connectivity index is 1.59. The molecule has 1 atom stereocenters. The maximum atomic E-state index is 11.8. The number of alkyl halides is 1. The predicted molar refractivity (Wildman–Crippen MR) is 77.8 cm³/mol. The number of fused-ring (bicyclic) bond motifs is 1. The van der Waals surface area contributed by atoms with E-state index in [0.29, 0.717) is 18.2 Å². The highest BCUT2D eigenvalue weighted by molar-refractivity contribution is 9.09.